The third kappa shape index (κ3) is 2.45. The highest BCUT2D eigenvalue weighted by molar-refractivity contribution is 7.08. The van der Waals surface area contributed by atoms with E-state index >= 15 is 0 Å². The van der Waals surface area contributed by atoms with Gasteiger partial charge in [0.25, 0.3) is 0 Å². The quantitative estimate of drug-likeness (QED) is 0.848. The number of thiophene rings is 1. The molecule has 1 N–H and O–H groups in total. The van der Waals surface area contributed by atoms with Gasteiger partial charge < -0.3 is 15.0 Å². The van der Waals surface area contributed by atoms with Gasteiger partial charge in [-0.3, -0.25) is 0 Å². The molecule has 2 heterocycles. The molecule has 0 bridgehead atoms. The van der Waals surface area contributed by atoms with Crippen molar-refractivity contribution in [2.24, 2.45) is 0 Å². The van der Waals surface area contributed by atoms with Crippen LogP contribution in [0.4, 0.5) is 0 Å². The summed E-state index contributed by atoms with van der Waals surface area (Å²) in [6.07, 6.45) is 4.42. The van der Waals surface area contributed by atoms with Crippen LogP contribution in [0.2, 0.25) is 0 Å². The van der Waals surface area contributed by atoms with Crippen LogP contribution in [0.3, 0.4) is 0 Å². The Morgan fingerprint density at radius 3 is 3.00 bits per heavy atom. The molecule has 0 aliphatic carbocycles. The molecule has 1 aliphatic heterocycles. The van der Waals surface area contributed by atoms with Crippen molar-refractivity contribution in [2.45, 2.75) is 20.0 Å². The fourth-order valence-corrected chi connectivity index (χ4v) is 2.29. The normalized spacial score (nSPS) is 19.3. The average Bonchev–Trinajstić information content (AvgIpc) is 2.78. The van der Waals surface area contributed by atoms with Gasteiger partial charge >= 0.3 is 0 Å². The lowest BCUT2D eigenvalue weighted by Gasteiger charge is -2.21. The van der Waals surface area contributed by atoms with E-state index < -0.39 is 0 Å². The number of rotatable bonds is 4. The molecule has 0 amide bonds. The fourth-order valence-electron chi connectivity index (χ4n) is 1.53. The standard InChI is InChI=1S/C11H16N2OS/c1-9-7-15-8-11(9)14-6-5-13-4-3-12-10(13)2/h3-4,7-8,10,12H,5-6H2,1-2H3. The van der Waals surface area contributed by atoms with Gasteiger partial charge in [0, 0.05) is 23.3 Å². The Kier molecular flexibility index (Phi) is 3.16. The minimum atomic E-state index is 0.386. The molecular weight excluding hydrogens is 208 g/mol. The zero-order valence-corrected chi connectivity index (χ0v) is 9.88. The minimum absolute atomic E-state index is 0.386. The lowest BCUT2D eigenvalue weighted by atomic mass is 10.4. The summed E-state index contributed by atoms with van der Waals surface area (Å²) in [6.45, 7) is 5.86. The Bertz CT molecular complexity index is 348. The Hall–Kier alpha value is -1.16. The van der Waals surface area contributed by atoms with Crippen molar-refractivity contribution in [3.05, 3.63) is 28.7 Å². The first-order valence-electron chi connectivity index (χ1n) is 5.11. The summed E-state index contributed by atoms with van der Waals surface area (Å²) in [5.74, 6) is 1.02. The molecule has 1 atom stereocenters. The van der Waals surface area contributed by atoms with Gasteiger partial charge in [-0.05, 0) is 19.2 Å². The van der Waals surface area contributed by atoms with Crippen molar-refractivity contribution in [2.75, 3.05) is 13.2 Å². The molecule has 1 aliphatic rings. The lowest BCUT2D eigenvalue weighted by Crippen LogP contribution is -2.34. The second-order valence-corrected chi connectivity index (χ2v) is 4.41. The minimum Gasteiger partial charge on any atom is -0.491 e. The van der Waals surface area contributed by atoms with Gasteiger partial charge in [0.05, 0.1) is 12.7 Å². The molecule has 1 aromatic heterocycles. The van der Waals surface area contributed by atoms with Gasteiger partial charge in [-0.1, -0.05) is 0 Å². The molecule has 1 unspecified atom stereocenters. The molecule has 4 heteroatoms. The molecule has 0 aromatic carbocycles. The number of nitrogens with zero attached hydrogens (tertiary/aromatic N) is 1. The first-order chi connectivity index (χ1) is 7.27. The monoisotopic (exact) mass is 224 g/mol. The summed E-state index contributed by atoms with van der Waals surface area (Å²) < 4.78 is 5.69. The summed E-state index contributed by atoms with van der Waals surface area (Å²) >= 11 is 1.68. The van der Waals surface area contributed by atoms with Crippen molar-refractivity contribution >= 4 is 11.3 Å². The van der Waals surface area contributed by atoms with Crippen LogP contribution in [-0.2, 0) is 0 Å². The number of nitrogens with one attached hydrogen (secondary N) is 1. The highest BCUT2D eigenvalue weighted by atomic mass is 32.1. The third-order valence-electron chi connectivity index (χ3n) is 2.52. The molecule has 0 fully saturated rings. The van der Waals surface area contributed by atoms with E-state index in [4.69, 9.17) is 4.74 Å². The van der Waals surface area contributed by atoms with Gasteiger partial charge in [-0.25, -0.2) is 0 Å². The second kappa shape index (κ2) is 4.57. The lowest BCUT2D eigenvalue weighted by molar-refractivity contribution is 0.224. The molecule has 0 radical (unpaired) electrons. The first-order valence-corrected chi connectivity index (χ1v) is 6.06. The van der Waals surface area contributed by atoms with Crippen LogP contribution in [-0.4, -0.2) is 24.2 Å². The Morgan fingerprint density at radius 2 is 2.40 bits per heavy atom. The molecule has 0 spiro atoms. The van der Waals surface area contributed by atoms with E-state index in [1.807, 2.05) is 6.20 Å². The maximum Gasteiger partial charge on any atom is 0.132 e. The van der Waals surface area contributed by atoms with Gasteiger partial charge in [-0.2, -0.15) is 0 Å². The van der Waals surface area contributed by atoms with E-state index in [-0.39, 0.29) is 0 Å². The highest BCUT2D eigenvalue weighted by Gasteiger charge is 2.12. The number of ether oxygens (including phenoxy) is 1. The number of aryl methyl sites for hydroxylation is 1. The maximum atomic E-state index is 5.69. The molecular formula is C11H16N2OS. The Labute approximate surface area is 94.4 Å². The molecule has 82 valence electrons. The van der Waals surface area contributed by atoms with Gasteiger partial charge in [0.15, 0.2) is 0 Å². The summed E-state index contributed by atoms with van der Waals surface area (Å²) in [6, 6.07) is 0. The van der Waals surface area contributed by atoms with Crippen molar-refractivity contribution < 1.29 is 4.74 Å². The molecule has 2 rings (SSSR count). The van der Waals surface area contributed by atoms with Gasteiger partial charge in [-0.15, -0.1) is 11.3 Å². The molecule has 1 aromatic rings. The topological polar surface area (TPSA) is 24.5 Å². The number of hydrogen-bond donors (Lipinski definition) is 1. The summed E-state index contributed by atoms with van der Waals surface area (Å²) in [5.41, 5.74) is 1.23. The molecule has 3 nitrogen and oxygen atoms in total. The SMILES string of the molecule is Cc1cscc1OCCN1C=CNC1C. The van der Waals surface area contributed by atoms with Crippen LogP contribution in [0, 0.1) is 6.92 Å². The first kappa shape index (κ1) is 10.4. The van der Waals surface area contributed by atoms with Crippen LogP contribution < -0.4 is 10.1 Å². The maximum absolute atomic E-state index is 5.69. The summed E-state index contributed by atoms with van der Waals surface area (Å²) in [7, 11) is 0. The zero-order chi connectivity index (χ0) is 10.7. The van der Waals surface area contributed by atoms with E-state index in [2.05, 4.69) is 41.0 Å². The third-order valence-corrected chi connectivity index (χ3v) is 3.36. The Balaban J connectivity index is 1.75. The van der Waals surface area contributed by atoms with Crippen molar-refractivity contribution in [1.82, 2.24) is 10.2 Å². The molecule has 15 heavy (non-hydrogen) atoms. The largest absolute Gasteiger partial charge is 0.491 e. The predicted octanol–water partition coefficient (Wildman–Crippen LogP) is 2.16. The van der Waals surface area contributed by atoms with Crippen molar-refractivity contribution in [1.29, 1.82) is 0 Å². The van der Waals surface area contributed by atoms with Crippen LogP contribution >= 0.6 is 11.3 Å². The Morgan fingerprint density at radius 1 is 1.53 bits per heavy atom. The van der Waals surface area contributed by atoms with Gasteiger partial charge in [0.1, 0.15) is 12.4 Å². The molecule has 0 saturated heterocycles. The van der Waals surface area contributed by atoms with Crippen molar-refractivity contribution in [3.8, 4) is 5.75 Å². The number of hydrogen-bond acceptors (Lipinski definition) is 4. The van der Waals surface area contributed by atoms with E-state index in [0.717, 1.165) is 18.9 Å². The van der Waals surface area contributed by atoms with E-state index in [0.29, 0.717) is 6.17 Å². The van der Waals surface area contributed by atoms with E-state index in [1.54, 1.807) is 11.3 Å². The van der Waals surface area contributed by atoms with Crippen LogP contribution in [0.1, 0.15) is 12.5 Å². The second-order valence-electron chi connectivity index (χ2n) is 3.66. The smallest absolute Gasteiger partial charge is 0.132 e. The van der Waals surface area contributed by atoms with E-state index in [9.17, 15) is 0 Å². The van der Waals surface area contributed by atoms with Crippen LogP contribution in [0.5, 0.6) is 5.75 Å². The average molecular weight is 224 g/mol. The van der Waals surface area contributed by atoms with Crippen LogP contribution in [0.15, 0.2) is 23.2 Å². The predicted molar refractivity (Wildman–Crippen MR) is 63.0 cm³/mol. The summed E-state index contributed by atoms with van der Waals surface area (Å²) in [5, 5.41) is 7.38. The van der Waals surface area contributed by atoms with Gasteiger partial charge in [0.2, 0.25) is 0 Å². The zero-order valence-electron chi connectivity index (χ0n) is 9.06. The van der Waals surface area contributed by atoms with E-state index in [1.165, 1.54) is 5.56 Å². The molecule has 0 saturated carbocycles. The summed E-state index contributed by atoms with van der Waals surface area (Å²) in [4.78, 5) is 2.22. The van der Waals surface area contributed by atoms with Crippen LogP contribution in [0.25, 0.3) is 0 Å². The highest BCUT2D eigenvalue weighted by Crippen LogP contribution is 2.21. The fraction of sp³-hybridized carbons (Fsp3) is 0.455. The van der Waals surface area contributed by atoms with Crippen molar-refractivity contribution in [3.63, 3.8) is 0 Å².